The minimum absolute atomic E-state index is 0.248. The lowest BCUT2D eigenvalue weighted by molar-refractivity contribution is -0.114. The molecule has 8 heteroatoms. The number of nitrogens with one attached hydrogen (secondary N) is 2. The summed E-state index contributed by atoms with van der Waals surface area (Å²) in [6, 6.07) is 4.78. The van der Waals surface area contributed by atoms with Crippen LogP contribution in [0.2, 0.25) is 5.02 Å². The number of carbonyl (C=O) groups is 2. The second-order valence-electron chi connectivity index (χ2n) is 4.58. The maximum Gasteiger partial charge on any atom is 0.257 e. The van der Waals surface area contributed by atoms with E-state index in [0.29, 0.717) is 12.1 Å². The zero-order valence-corrected chi connectivity index (χ0v) is 12.5. The van der Waals surface area contributed by atoms with E-state index in [1.54, 1.807) is 0 Å². The molecule has 120 valence electrons. The number of hydrogen-bond donors (Lipinski definition) is 2. The summed E-state index contributed by atoms with van der Waals surface area (Å²) in [4.78, 5) is 23.0. The highest BCUT2D eigenvalue weighted by Gasteiger charge is 2.17. The molecule has 2 N–H and O–H groups in total. The monoisotopic (exact) mass is 342 g/mol. The molecule has 0 radical (unpaired) electrons. The summed E-state index contributed by atoms with van der Waals surface area (Å²) in [5.41, 5.74) is -0.345. The van der Waals surface area contributed by atoms with Gasteiger partial charge in [0, 0.05) is 12.6 Å². The van der Waals surface area contributed by atoms with Gasteiger partial charge in [0.25, 0.3) is 5.91 Å². The van der Waals surface area contributed by atoms with E-state index in [1.807, 2.05) is 0 Å². The van der Waals surface area contributed by atoms with Crippen molar-refractivity contribution >= 4 is 34.8 Å². The first-order chi connectivity index (χ1) is 10.8. The summed E-state index contributed by atoms with van der Waals surface area (Å²) in [5, 5.41) is 4.29. The minimum atomic E-state index is -1.26. The summed E-state index contributed by atoms with van der Waals surface area (Å²) in [5.74, 6) is -4.53. The van der Waals surface area contributed by atoms with Crippen molar-refractivity contribution in [3.8, 4) is 0 Å². The molecule has 0 atom stereocenters. The Morgan fingerprint density at radius 3 is 2.26 bits per heavy atom. The molecule has 0 heterocycles. The predicted molar refractivity (Wildman–Crippen MR) is 80.0 cm³/mol. The van der Waals surface area contributed by atoms with Gasteiger partial charge in [0.15, 0.2) is 11.6 Å². The van der Waals surface area contributed by atoms with Crippen molar-refractivity contribution in [3.63, 3.8) is 0 Å². The molecular weight excluding hydrogens is 333 g/mol. The summed E-state index contributed by atoms with van der Waals surface area (Å²) in [6.07, 6.45) is 0. The predicted octanol–water partition coefficient (Wildman–Crippen LogP) is 3.97. The number of benzene rings is 2. The molecule has 0 aromatic heterocycles. The van der Waals surface area contributed by atoms with Crippen LogP contribution in [0.1, 0.15) is 17.3 Å². The summed E-state index contributed by atoms with van der Waals surface area (Å²) in [7, 11) is 0. The Kier molecular flexibility index (Phi) is 4.90. The van der Waals surface area contributed by atoms with E-state index in [2.05, 4.69) is 10.6 Å². The molecule has 2 aromatic carbocycles. The largest absolute Gasteiger partial charge is 0.326 e. The average Bonchev–Trinajstić information content (AvgIpc) is 2.45. The van der Waals surface area contributed by atoms with Crippen LogP contribution in [0.15, 0.2) is 30.3 Å². The van der Waals surface area contributed by atoms with Crippen molar-refractivity contribution < 1.29 is 22.8 Å². The Labute approximate surface area is 134 Å². The van der Waals surface area contributed by atoms with Crippen LogP contribution in [0.5, 0.6) is 0 Å². The molecule has 0 aliphatic carbocycles. The second kappa shape index (κ2) is 6.70. The van der Waals surface area contributed by atoms with Crippen LogP contribution in [0.3, 0.4) is 0 Å². The molecule has 23 heavy (non-hydrogen) atoms. The number of rotatable bonds is 3. The van der Waals surface area contributed by atoms with E-state index in [0.717, 1.165) is 6.07 Å². The fourth-order valence-electron chi connectivity index (χ4n) is 1.79. The highest BCUT2D eigenvalue weighted by atomic mass is 35.5. The van der Waals surface area contributed by atoms with E-state index >= 15 is 0 Å². The molecule has 2 rings (SSSR count). The Morgan fingerprint density at radius 1 is 0.957 bits per heavy atom. The zero-order valence-electron chi connectivity index (χ0n) is 11.7. The number of anilines is 2. The van der Waals surface area contributed by atoms with Gasteiger partial charge in [0.2, 0.25) is 5.91 Å². The number of hydrogen-bond acceptors (Lipinski definition) is 2. The van der Waals surface area contributed by atoms with Gasteiger partial charge in [-0.25, -0.2) is 13.2 Å². The van der Waals surface area contributed by atoms with Gasteiger partial charge in [-0.15, -0.1) is 0 Å². The molecule has 0 saturated carbocycles. The first kappa shape index (κ1) is 16.8. The third-order valence-electron chi connectivity index (χ3n) is 2.79. The lowest BCUT2D eigenvalue weighted by Crippen LogP contribution is -2.15. The molecule has 2 aromatic rings. The minimum Gasteiger partial charge on any atom is -0.326 e. The van der Waals surface area contributed by atoms with Gasteiger partial charge in [-0.05, 0) is 30.3 Å². The SMILES string of the molecule is CC(=O)Nc1ccc(F)c(NC(=O)c2cc(F)c(F)cc2Cl)c1. The molecule has 4 nitrogen and oxygen atoms in total. The number of amides is 2. The molecule has 2 amide bonds. The van der Waals surface area contributed by atoms with Gasteiger partial charge in [0.05, 0.1) is 16.3 Å². The highest BCUT2D eigenvalue weighted by molar-refractivity contribution is 6.34. The van der Waals surface area contributed by atoms with E-state index in [9.17, 15) is 22.8 Å². The topological polar surface area (TPSA) is 58.2 Å². The lowest BCUT2D eigenvalue weighted by atomic mass is 10.2. The van der Waals surface area contributed by atoms with Crippen molar-refractivity contribution in [1.29, 1.82) is 0 Å². The molecule has 0 spiro atoms. The zero-order chi connectivity index (χ0) is 17.1. The third-order valence-corrected chi connectivity index (χ3v) is 3.10. The number of halogens is 4. The fraction of sp³-hybridized carbons (Fsp3) is 0.0667. The van der Waals surface area contributed by atoms with E-state index in [4.69, 9.17) is 11.6 Å². The van der Waals surface area contributed by atoms with Crippen molar-refractivity contribution in [2.45, 2.75) is 6.92 Å². The van der Waals surface area contributed by atoms with Crippen LogP contribution in [-0.2, 0) is 4.79 Å². The fourth-order valence-corrected chi connectivity index (χ4v) is 2.02. The van der Waals surface area contributed by atoms with Gasteiger partial charge < -0.3 is 10.6 Å². The van der Waals surface area contributed by atoms with Crippen molar-refractivity contribution in [3.05, 3.63) is 58.4 Å². The Balaban J connectivity index is 2.30. The molecule has 0 fully saturated rings. The van der Waals surface area contributed by atoms with Crippen LogP contribution in [0.4, 0.5) is 24.5 Å². The van der Waals surface area contributed by atoms with Crippen molar-refractivity contribution in [2.75, 3.05) is 10.6 Å². The van der Waals surface area contributed by atoms with Crippen LogP contribution >= 0.6 is 11.6 Å². The van der Waals surface area contributed by atoms with Gasteiger partial charge in [-0.3, -0.25) is 9.59 Å². The summed E-state index contributed by atoms with van der Waals surface area (Å²) < 4.78 is 39.9. The van der Waals surface area contributed by atoms with Gasteiger partial charge in [0.1, 0.15) is 5.82 Å². The van der Waals surface area contributed by atoms with Crippen LogP contribution < -0.4 is 10.6 Å². The first-order valence-corrected chi connectivity index (χ1v) is 6.68. The maximum atomic E-state index is 13.7. The van der Waals surface area contributed by atoms with Gasteiger partial charge in [-0.1, -0.05) is 11.6 Å². The van der Waals surface area contributed by atoms with Gasteiger partial charge in [-0.2, -0.15) is 0 Å². The van der Waals surface area contributed by atoms with E-state index < -0.39 is 23.4 Å². The molecule has 0 saturated heterocycles. The Hall–Kier alpha value is -2.54. The smallest absolute Gasteiger partial charge is 0.257 e. The Morgan fingerprint density at radius 2 is 1.61 bits per heavy atom. The molecule has 0 aliphatic heterocycles. The third kappa shape index (κ3) is 4.01. The second-order valence-corrected chi connectivity index (χ2v) is 4.98. The van der Waals surface area contributed by atoms with Crippen molar-refractivity contribution in [1.82, 2.24) is 0 Å². The van der Waals surface area contributed by atoms with Crippen molar-refractivity contribution in [2.24, 2.45) is 0 Å². The van der Waals surface area contributed by atoms with Crippen LogP contribution in [0.25, 0.3) is 0 Å². The quantitative estimate of drug-likeness (QED) is 0.829. The molecular formula is C15H10ClF3N2O2. The lowest BCUT2D eigenvalue weighted by Gasteiger charge is -2.10. The summed E-state index contributed by atoms with van der Waals surface area (Å²) >= 11 is 5.68. The van der Waals surface area contributed by atoms with E-state index in [1.165, 1.54) is 19.1 Å². The normalized spacial score (nSPS) is 10.3. The van der Waals surface area contributed by atoms with E-state index in [-0.39, 0.29) is 27.9 Å². The average molecular weight is 343 g/mol. The number of carbonyl (C=O) groups excluding carboxylic acids is 2. The standard InChI is InChI=1S/C15H10ClF3N2O2/c1-7(22)20-8-2-3-11(17)14(4-8)21-15(23)9-5-12(18)13(19)6-10(9)16/h2-6H,1H3,(H,20,22)(H,21,23). The summed E-state index contributed by atoms with van der Waals surface area (Å²) in [6.45, 7) is 1.27. The Bertz CT molecular complexity index is 797. The molecule has 0 bridgehead atoms. The maximum absolute atomic E-state index is 13.7. The highest BCUT2D eigenvalue weighted by Crippen LogP contribution is 2.24. The van der Waals surface area contributed by atoms with Gasteiger partial charge >= 0.3 is 0 Å². The van der Waals surface area contributed by atoms with Crippen LogP contribution in [0, 0.1) is 17.5 Å². The van der Waals surface area contributed by atoms with Crippen LogP contribution in [-0.4, -0.2) is 11.8 Å². The molecule has 0 aliphatic rings. The first-order valence-electron chi connectivity index (χ1n) is 6.31. The molecule has 0 unspecified atom stereocenters.